The van der Waals surface area contributed by atoms with Crippen LogP contribution in [0.3, 0.4) is 0 Å². The number of allylic oxidation sites excluding steroid dienone is 2. The maximum absolute atomic E-state index is 12.3. The maximum atomic E-state index is 12.3. The average Bonchev–Trinajstić information content (AvgIpc) is 2.78. The van der Waals surface area contributed by atoms with Crippen molar-refractivity contribution in [3.05, 3.63) is 11.6 Å². The Balaban J connectivity index is 1.74. The highest BCUT2D eigenvalue weighted by Gasteiger charge is 2.59. The van der Waals surface area contributed by atoms with Gasteiger partial charge in [0.15, 0.2) is 0 Å². The van der Waals surface area contributed by atoms with E-state index >= 15 is 0 Å². The molecule has 4 aliphatic rings. The largest absolute Gasteiger partial charge is 0.396 e. The smallest absolute Gasteiger partial charge is 0.222 e. The molecule has 4 aliphatic carbocycles. The first-order valence-corrected chi connectivity index (χ1v) is 8.94. The number of hydrogen-bond donors (Lipinski definition) is 1. The summed E-state index contributed by atoms with van der Waals surface area (Å²) in [5.74, 6) is 0.974. The summed E-state index contributed by atoms with van der Waals surface area (Å²) in [6.07, 6.45) is 10.6. The van der Waals surface area contributed by atoms with Crippen LogP contribution in [0.4, 0.5) is 0 Å². The average molecular weight is 302 g/mol. The van der Waals surface area contributed by atoms with E-state index in [9.17, 15) is 14.7 Å². The van der Waals surface area contributed by atoms with Gasteiger partial charge in [-0.25, -0.2) is 0 Å². The molecule has 0 radical (unpaired) electrons. The molecule has 4 rings (SSSR count). The van der Waals surface area contributed by atoms with Crippen LogP contribution in [0, 0.1) is 28.6 Å². The zero-order valence-electron chi connectivity index (χ0n) is 13.4. The molecule has 3 fully saturated rings. The summed E-state index contributed by atoms with van der Waals surface area (Å²) in [7, 11) is 0. The van der Waals surface area contributed by atoms with Gasteiger partial charge in [-0.3, -0.25) is 9.59 Å². The fourth-order valence-electron chi connectivity index (χ4n) is 6.41. The highest BCUT2D eigenvalue weighted by molar-refractivity contribution is 6.46. The molecular weight excluding hydrogens is 276 g/mol. The van der Waals surface area contributed by atoms with Gasteiger partial charge in [0.25, 0.3) is 0 Å². The zero-order chi connectivity index (χ0) is 15.5. The van der Waals surface area contributed by atoms with Crippen LogP contribution in [-0.2, 0) is 9.59 Å². The number of hydrogen-bond acceptors (Lipinski definition) is 3. The minimum Gasteiger partial charge on any atom is -0.396 e. The van der Waals surface area contributed by atoms with Crippen molar-refractivity contribution < 1.29 is 14.7 Å². The van der Waals surface area contributed by atoms with Gasteiger partial charge in [-0.1, -0.05) is 12.8 Å². The van der Waals surface area contributed by atoms with E-state index in [1.54, 1.807) is 6.08 Å². The van der Waals surface area contributed by atoms with E-state index in [1.807, 2.05) is 6.92 Å². The quantitative estimate of drug-likeness (QED) is 0.757. The Kier molecular flexibility index (Phi) is 3.17. The van der Waals surface area contributed by atoms with Gasteiger partial charge in [0.1, 0.15) is 0 Å². The molecule has 120 valence electrons. The third-order valence-corrected chi connectivity index (χ3v) is 7.61. The number of ketones is 2. The molecule has 0 heterocycles. The third-order valence-electron chi connectivity index (χ3n) is 7.61. The van der Waals surface area contributed by atoms with E-state index < -0.39 is 5.41 Å². The standard InChI is InChI=1S/C19H26O3/c1-18-9-7-14-13(15(18)10-16(21)17(18)22)6-5-12-4-2-3-8-19(12,14)11-20/h10,12-14,20H,2-9,11H2,1H3/t12?,13-,14+,18+,19-/m1/s1. The number of aliphatic hydroxyl groups is 1. The van der Waals surface area contributed by atoms with Crippen molar-refractivity contribution in [2.75, 3.05) is 6.61 Å². The summed E-state index contributed by atoms with van der Waals surface area (Å²) in [5.41, 5.74) is 0.629. The Bertz CT molecular complexity index is 563. The molecule has 0 aromatic heterocycles. The number of Topliss-reactive ketones (excluding diaryl/α,β-unsaturated/α-hetero) is 1. The second kappa shape index (κ2) is 4.77. The predicted molar refractivity (Wildman–Crippen MR) is 83.1 cm³/mol. The van der Waals surface area contributed by atoms with Crippen molar-refractivity contribution >= 4 is 11.6 Å². The summed E-state index contributed by atoms with van der Waals surface area (Å²) in [5, 5.41) is 10.3. The second-order valence-electron chi connectivity index (χ2n) is 8.29. The number of carbonyl (C=O) groups excluding carboxylic acids is 2. The molecule has 0 amide bonds. The second-order valence-corrected chi connectivity index (χ2v) is 8.29. The number of aliphatic hydroxyl groups excluding tert-OH is 1. The number of rotatable bonds is 1. The van der Waals surface area contributed by atoms with Crippen LogP contribution in [-0.4, -0.2) is 23.3 Å². The van der Waals surface area contributed by atoms with Crippen LogP contribution < -0.4 is 0 Å². The fraction of sp³-hybridized carbons (Fsp3) is 0.789. The summed E-state index contributed by atoms with van der Waals surface area (Å²) in [6, 6.07) is 0. The van der Waals surface area contributed by atoms with Crippen LogP contribution in [0.25, 0.3) is 0 Å². The Labute approximate surface area is 132 Å². The Morgan fingerprint density at radius 3 is 2.73 bits per heavy atom. The first kappa shape index (κ1) is 14.6. The van der Waals surface area contributed by atoms with Gasteiger partial charge in [-0.05, 0) is 80.3 Å². The Hall–Kier alpha value is -0.960. The summed E-state index contributed by atoms with van der Waals surface area (Å²) < 4.78 is 0. The molecule has 3 nitrogen and oxygen atoms in total. The molecule has 0 aromatic carbocycles. The molecule has 0 spiro atoms. The minimum atomic E-state index is -0.531. The van der Waals surface area contributed by atoms with E-state index in [4.69, 9.17) is 0 Å². The van der Waals surface area contributed by atoms with Gasteiger partial charge in [0.05, 0.1) is 5.41 Å². The molecule has 0 aliphatic heterocycles. The van der Waals surface area contributed by atoms with Crippen molar-refractivity contribution in [2.24, 2.45) is 28.6 Å². The van der Waals surface area contributed by atoms with Gasteiger partial charge in [-0.15, -0.1) is 0 Å². The monoisotopic (exact) mass is 302 g/mol. The highest BCUT2D eigenvalue weighted by Crippen LogP contribution is 2.63. The molecule has 1 N–H and O–H groups in total. The Morgan fingerprint density at radius 1 is 1.14 bits per heavy atom. The predicted octanol–water partition coefficient (Wildman–Crippen LogP) is 3.06. The fourth-order valence-corrected chi connectivity index (χ4v) is 6.41. The normalized spacial score (nSPS) is 47.5. The highest BCUT2D eigenvalue weighted by atomic mass is 16.3. The summed E-state index contributed by atoms with van der Waals surface area (Å²) in [6.45, 7) is 2.26. The van der Waals surface area contributed by atoms with E-state index in [1.165, 1.54) is 19.3 Å². The first-order chi connectivity index (χ1) is 10.5. The van der Waals surface area contributed by atoms with Gasteiger partial charge in [-0.2, -0.15) is 0 Å². The van der Waals surface area contributed by atoms with Crippen molar-refractivity contribution in [1.82, 2.24) is 0 Å². The molecule has 0 saturated heterocycles. The van der Waals surface area contributed by atoms with Crippen molar-refractivity contribution in [3.8, 4) is 0 Å². The van der Waals surface area contributed by atoms with Crippen LogP contribution in [0.2, 0.25) is 0 Å². The van der Waals surface area contributed by atoms with E-state index in [0.717, 1.165) is 37.7 Å². The molecule has 1 unspecified atom stereocenters. The molecule has 5 atom stereocenters. The summed E-state index contributed by atoms with van der Waals surface area (Å²) in [4.78, 5) is 24.3. The molecule has 0 bridgehead atoms. The number of fused-ring (bicyclic) bond motifs is 5. The lowest BCUT2D eigenvalue weighted by atomic mass is 9.46. The molecule has 3 saturated carbocycles. The Morgan fingerprint density at radius 2 is 1.95 bits per heavy atom. The van der Waals surface area contributed by atoms with E-state index in [2.05, 4.69) is 0 Å². The van der Waals surface area contributed by atoms with Crippen LogP contribution in [0.15, 0.2) is 11.6 Å². The zero-order valence-corrected chi connectivity index (χ0v) is 13.4. The van der Waals surface area contributed by atoms with Gasteiger partial charge < -0.3 is 5.11 Å². The van der Waals surface area contributed by atoms with E-state index in [0.29, 0.717) is 17.8 Å². The molecule has 3 heteroatoms. The number of carbonyl (C=O) groups is 2. The topological polar surface area (TPSA) is 54.4 Å². The van der Waals surface area contributed by atoms with Crippen molar-refractivity contribution in [1.29, 1.82) is 0 Å². The lowest BCUT2D eigenvalue weighted by Gasteiger charge is -2.58. The van der Waals surface area contributed by atoms with Gasteiger partial charge in [0, 0.05) is 6.61 Å². The van der Waals surface area contributed by atoms with Gasteiger partial charge in [0.2, 0.25) is 11.6 Å². The van der Waals surface area contributed by atoms with Crippen LogP contribution in [0.5, 0.6) is 0 Å². The van der Waals surface area contributed by atoms with Gasteiger partial charge >= 0.3 is 0 Å². The third kappa shape index (κ3) is 1.66. The van der Waals surface area contributed by atoms with Crippen molar-refractivity contribution in [2.45, 2.75) is 58.3 Å². The lowest BCUT2D eigenvalue weighted by Crippen LogP contribution is -2.53. The first-order valence-electron chi connectivity index (χ1n) is 8.94. The summed E-state index contributed by atoms with van der Waals surface area (Å²) >= 11 is 0. The van der Waals surface area contributed by atoms with Crippen LogP contribution in [0.1, 0.15) is 58.3 Å². The van der Waals surface area contributed by atoms with Crippen LogP contribution >= 0.6 is 0 Å². The molecule has 22 heavy (non-hydrogen) atoms. The molecular formula is C19H26O3. The SMILES string of the molecule is C[C@]12CC[C@H]3[C@@H](CCC4CCCC[C@@]43CO)C1=CC(=O)C2=O. The maximum Gasteiger partial charge on any atom is 0.222 e. The molecule has 0 aromatic rings. The van der Waals surface area contributed by atoms with E-state index in [-0.39, 0.29) is 23.6 Å². The van der Waals surface area contributed by atoms with Crippen molar-refractivity contribution in [3.63, 3.8) is 0 Å². The minimum absolute atomic E-state index is 0.0536. The lowest BCUT2D eigenvalue weighted by molar-refractivity contribution is -0.140.